The molecule has 3 rings (SSSR count). The smallest absolute Gasteiger partial charge is 0.170 e. The van der Waals surface area contributed by atoms with Crippen molar-refractivity contribution in [1.29, 1.82) is 0 Å². The second kappa shape index (κ2) is 12.4. The molecule has 0 fully saturated rings. The molecule has 1 aromatic heterocycles. The summed E-state index contributed by atoms with van der Waals surface area (Å²) >= 11 is 0. The number of aryl methyl sites for hydroxylation is 3. The van der Waals surface area contributed by atoms with Gasteiger partial charge in [-0.1, -0.05) is 29.8 Å². The summed E-state index contributed by atoms with van der Waals surface area (Å²) in [6.45, 7) is 7.77. The minimum Gasteiger partial charge on any atom is -0.493 e. The second-order valence-corrected chi connectivity index (χ2v) is 8.93. The number of aromatic nitrogens is 1. The summed E-state index contributed by atoms with van der Waals surface area (Å²) in [7, 11) is 1.70. The number of benzene rings is 2. The number of pyridine rings is 1. The topological polar surface area (TPSA) is 69.4 Å². The highest BCUT2D eigenvalue weighted by atomic mass is 16.5. The van der Waals surface area contributed by atoms with E-state index in [1.54, 1.807) is 7.11 Å². The van der Waals surface area contributed by atoms with Crippen LogP contribution in [-0.4, -0.2) is 31.3 Å². The van der Waals surface area contributed by atoms with Crippen molar-refractivity contribution < 1.29 is 9.47 Å². The van der Waals surface area contributed by atoms with E-state index in [0.29, 0.717) is 19.2 Å². The van der Waals surface area contributed by atoms with Gasteiger partial charge in [-0.15, -0.1) is 0 Å². The van der Waals surface area contributed by atoms with Crippen LogP contribution < -0.4 is 20.5 Å². The van der Waals surface area contributed by atoms with Gasteiger partial charge < -0.3 is 20.5 Å². The van der Waals surface area contributed by atoms with Crippen LogP contribution in [0.15, 0.2) is 42.6 Å². The van der Waals surface area contributed by atoms with Crippen LogP contribution in [0.1, 0.15) is 55.7 Å². The number of hydrogen-bond donors (Lipinski definition) is 2. The minimum absolute atomic E-state index is 0.295. The van der Waals surface area contributed by atoms with Crippen LogP contribution in [0, 0.1) is 13.8 Å². The first-order valence-electron chi connectivity index (χ1n) is 12.1. The Balaban J connectivity index is 1.68. The van der Waals surface area contributed by atoms with E-state index in [4.69, 9.17) is 15.2 Å². The predicted molar refractivity (Wildman–Crippen MR) is 139 cm³/mol. The molecule has 1 unspecified atom stereocenters. The fourth-order valence-corrected chi connectivity index (χ4v) is 4.25. The maximum absolute atomic E-state index is 6.31. The van der Waals surface area contributed by atoms with E-state index in [0.717, 1.165) is 72.2 Å². The minimum atomic E-state index is 0.295. The lowest BCUT2D eigenvalue weighted by molar-refractivity contribution is 0.289. The Hall–Kier alpha value is -2.79. The number of ether oxygens (including phenoxy) is 2. The fraction of sp³-hybridized carbons (Fsp3) is 0.464. The van der Waals surface area contributed by atoms with Crippen molar-refractivity contribution in [3.8, 4) is 11.5 Å². The van der Waals surface area contributed by atoms with E-state index < -0.39 is 0 Å². The van der Waals surface area contributed by atoms with Crippen LogP contribution in [0.25, 0.3) is 10.9 Å². The van der Waals surface area contributed by atoms with E-state index in [1.165, 1.54) is 11.1 Å². The number of methoxy groups -OCH3 is 1. The summed E-state index contributed by atoms with van der Waals surface area (Å²) in [5.41, 5.74) is 11.4. The third-order valence-corrected chi connectivity index (χ3v) is 6.04. The van der Waals surface area contributed by atoms with Crippen molar-refractivity contribution in [3.05, 3.63) is 59.3 Å². The molecule has 0 aliphatic rings. The number of anilines is 1. The molecule has 0 bridgehead atoms. The first kappa shape index (κ1) is 24.8. The third-order valence-electron chi connectivity index (χ3n) is 6.04. The normalized spacial score (nSPS) is 12.0. The Morgan fingerprint density at radius 3 is 2.67 bits per heavy atom. The molecule has 3 aromatic rings. The van der Waals surface area contributed by atoms with Gasteiger partial charge in [0.15, 0.2) is 11.5 Å². The summed E-state index contributed by atoms with van der Waals surface area (Å²) in [4.78, 5) is 4.69. The first-order chi connectivity index (χ1) is 16.0. The number of nitrogens with zero attached hydrogens (tertiary/aromatic N) is 1. The molecule has 33 heavy (non-hydrogen) atoms. The molecule has 0 spiro atoms. The van der Waals surface area contributed by atoms with Gasteiger partial charge in [-0.05, 0) is 83.0 Å². The molecule has 5 nitrogen and oxygen atoms in total. The van der Waals surface area contributed by atoms with Crippen LogP contribution in [0.4, 0.5) is 5.69 Å². The number of fused-ring (bicyclic) bond motifs is 1. The Bertz CT molecular complexity index is 1040. The highest BCUT2D eigenvalue weighted by molar-refractivity contribution is 5.99. The molecule has 178 valence electrons. The maximum Gasteiger partial charge on any atom is 0.170 e. The first-order valence-corrected chi connectivity index (χ1v) is 12.1. The molecule has 0 saturated carbocycles. The van der Waals surface area contributed by atoms with Crippen LogP contribution in [-0.2, 0) is 6.42 Å². The zero-order valence-electron chi connectivity index (χ0n) is 20.6. The Morgan fingerprint density at radius 2 is 1.91 bits per heavy atom. The van der Waals surface area contributed by atoms with E-state index in [9.17, 15) is 0 Å². The van der Waals surface area contributed by atoms with Crippen molar-refractivity contribution in [2.45, 2.75) is 65.3 Å². The molecule has 2 aromatic carbocycles. The van der Waals surface area contributed by atoms with Gasteiger partial charge in [-0.25, -0.2) is 0 Å². The molecule has 0 aliphatic heterocycles. The summed E-state index contributed by atoms with van der Waals surface area (Å²) in [5.74, 6) is 1.53. The summed E-state index contributed by atoms with van der Waals surface area (Å²) < 4.78 is 12.1. The average Bonchev–Trinajstić information content (AvgIpc) is 2.81. The number of rotatable bonds is 13. The van der Waals surface area contributed by atoms with Gasteiger partial charge in [0.2, 0.25) is 0 Å². The van der Waals surface area contributed by atoms with Gasteiger partial charge in [0, 0.05) is 18.3 Å². The molecule has 0 amide bonds. The summed E-state index contributed by atoms with van der Waals surface area (Å²) in [6.07, 6.45) is 8.26. The Labute approximate surface area is 198 Å². The van der Waals surface area contributed by atoms with Crippen molar-refractivity contribution in [2.75, 3.05) is 25.6 Å². The summed E-state index contributed by atoms with van der Waals surface area (Å²) in [5, 5.41) is 4.62. The van der Waals surface area contributed by atoms with Gasteiger partial charge in [0.25, 0.3) is 0 Å². The largest absolute Gasteiger partial charge is 0.493 e. The number of unbranched alkanes of at least 4 members (excludes halogenated alkanes) is 2. The zero-order chi connectivity index (χ0) is 23.6. The van der Waals surface area contributed by atoms with Gasteiger partial charge in [-0.2, -0.15) is 0 Å². The highest BCUT2D eigenvalue weighted by Gasteiger charge is 2.18. The lowest BCUT2D eigenvalue weighted by Crippen LogP contribution is -2.17. The van der Waals surface area contributed by atoms with E-state index in [1.807, 2.05) is 18.3 Å². The second-order valence-electron chi connectivity index (χ2n) is 8.93. The zero-order valence-corrected chi connectivity index (χ0v) is 20.6. The molecule has 0 radical (unpaired) electrons. The Morgan fingerprint density at radius 1 is 1.06 bits per heavy atom. The highest BCUT2D eigenvalue weighted by Crippen LogP contribution is 2.41. The van der Waals surface area contributed by atoms with E-state index in [-0.39, 0.29) is 0 Å². The molecule has 0 saturated heterocycles. The lowest BCUT2D eigenvalue weighted by Gasteiger charge is -2.20. The van der Waals surface area contributed by atoms with Gasteiger partial charge in [-0.3, -0.25) is 4.98 Å². The quantitative estimate of drug-likeness (QED) is 0.304. The van der Waals surface area contributed by atoms with Crippen LogP contribution in [0.3, 0.4) is 0 Å². The maximum atomic E-state index is 6.31. The van der Waals surface area contributed by atoms with Crippen LogP contribution >= 0.6 is 0 Å². The molecule has 3 N–H and O–H groups in total. The summed E-state index contributed by atoms with van der Waals surface area (Å²) in [6, 6.07) is 13.1. The molecular weight excluding hydrogens is 410 g/mol. The van der Waals surface area contributed by atoms with Crippen molar-refractivity contribution in [2.24, 2.45) is 5.73 Å². The molecule has 1 heterocycles. The monoisotopic (exact) mass is 449 g/mol. The van der Waals surface area contributed by atoms with Gasteiger partial charge in [0.05, 0.1) is 30.3 Å². The SMILES string of the molecule is COc1cc(NC(C)CCCN)c2nccc(C)c2c1OCCCCCc1cccc(C)c1. The third kappa shape index (κ3) is 6.84. The average molecular weight is 450 g/mol. The van der Waals surface area contributed by atoms with Gasteiger partial charge in [0.1, 0.15) is 0 Å². The fourth-order valence-electron chi connectivity index (χ4n) is 4.25. The Kier molecular flexibility index (Phi) is 9.37. The van der Waals surface area contributed by atoms with Crippen molar-refractivity contribution >= 4 is 16.6 Å². The van der Waals surface area contributed by atoms with Crippen molar-refractivity contribution in [1.82, 2.24) is 4.98 Å². The molecular formula is C28H39N3O2. The number of nitrogens with one attached hydrogen (secondary N) is 1. The van der Waals surface area contributed by atoms with E-state index >= 15 is 0 Å². The predicted octanol–water partition coefficient (Wildman–Crippen LogP) is 6.19. The lowest BCUT2D eigenvalue weighted by atomic mass is 10.0. The molecule has 5 heteroatoms. The number of hydrogen-bond acceptors (Lipinski definition) is 5. The molecule has 1 atom stereocenters. The van der Waals surface area contributed by atoms with Crippen molar-refractivity contribution in [3.63, 3.8) is 0 Å². The molecule has 0 aliphatic carbocycles. The van der Waals surface area contributed by atoms with Crippen LogP contribution in [0.5, 0.6) is 11.5 Å². The van der Waals surface area contributed by atoms with E-state index in [2.05, 4.69) is 55.3 Å². The van der Waals surface area contributed by atoms with Crippen LogP contribution in [0.2, 0.25) is 0 Å². The van der Waals surface area contributed by atoms with Gasteiger partial charge >= 0.3 is 0 Å². The number of nitrogens with two attached hydrogens (primary N) is 1. The standard InChI is InChI=1S/C28H39N3O2/c1-20-10-8-13-23(18-20)12-6-5-7-17-33-28-25(32-4)19-24(31-22(3)11-9-15-29)27-26(28)21(2)14-16-30-27/h8,10,13-14,16,18-19,22,31H,5-7,9,11-12,15,17,29H2,1-4H3.